The van der Waals surface area contributed by atoms with Gasteiger partial charge >= 0.3 is 5.97 Å². The molecule has 2 aromatic rings. The Kier molecular flexibility index (Phi) is 3.39. The molecule has 1 N–H and O–H groups in total. The van der Waals surface area contributed by atoms with E-state index in [-0.39, 0.29) is 0 Å². The molecule has 0 saturated heterocycles. The summed E-state index contributed by atoms with van der Waals surface area (Å²) in [6.45, 7) is 3.91. The number of carboxylic acid groups (broad SMARTS) is 1. The third kappa shape index (κ3) is 2.24. The van der Waals surface area contributed by atoms with Crippen LogP contribution in [0.1, 0.15) is 20.1 Å². The Morgan fingerprint density at radius 3 is 2.50 bits per heavy atom. The van der Waals surface area contributed by atoms with Crippen LogP contribution < -0.4 is 4.74 Å². The number of aromatic carboxylic acids is 1. The van der Waals surface area contributed by atoms with Gasteiger partial charge in [-0.05, 0) is 48.7 Å². The Bertz CT molecular complexity index is 599. The molecule has 1 aromatic heterocycles. The molecule has 0 aliphatic carbocycles. The summed E-state index contributed by atoms with van der Waals surface area (Å²) >= 11 is 1.30. The highest BCUT2D eigenvalue weighted by Gasteiger charge is 2.13. The lowest BCUT2D eigenvalue weighted by molar-refractivity contribution is 0.0702. The molecular formula is C14H14O3S. The van der Waals surface area contributed by atoms with Crippen molar-refractivity contribution in [1.29, 1.82) is 0 Å². The van der Waals surface area contributed by atoms with Gasteiger partial charge in [0.1, 0.15) is 10.6 Å². The molecule has 94 valence electrons. The second-order valence-corrected chi connectivity index (χ2v) is 5.33. The zero-order valence-corrected chi connectivity index (χ0v) is 11.3. The van der Waals surface area contributed by atoms with Crippen LogP contribution in [-0.2, 0) is 0 Å². The largest absolute Gasteiger partial charge is 0.496 e. The predicted molar refractivity (Wildman–Crippen MR) is 72.7 cm³/mol. The molecule has 18 heavy (non-hydrogen) atoms. The molecule has 2 rings (SSSR count). The highest BCUT2D eigenvalue weighted by atomic mass is 32.1. The van der Waals surface area contributed by atoms with Gasteiger partial charge in [-0.3, -0.25) is 0 Å². The van der Waals surface area contributed by atoms with E-state index in [1.54, 1.807) is 13.2 Å². The maximum atomic E-state index is 11.0. The Hall–Kier alpha value is -1.81. The predicted octanol–water partition coefficient (Wildman–Crippen LogP) is 3.74. The average molecular weight is 262 g/mol. The van der Waals surface area contributed by atoms with Gasteiger partial charge in [-0.15, -0.1) is 11.3 Å². The van der Waals surface area contributed by atoms with Crippen LogP contribution >= 0.6 is 11.3 Å². The van der Waals surface area contributed by atoms with Crippen LogP contribution in [0, 0.1) is 13.8 Å². The van der Waals surface area contributed by atoms with Crippen molar-refractivity contribution in [3.63, 3.8) is 0 Å². The van der Waals surface area contributed by atoms with E-state index in [9.17, 15) is 4.79 Å². The first-order valence-corrected chi connectivity index (χ1v) is 6.33. The van der Waals surface area contributed by atoms with Crippen LogP contribution in [-0.4, -0.2) is 18.2 Å². The number of ether oxygens (including phenoxy) is 1. The summed E-state index contributed by atoms with van der Waals surface area (Å²) in [4.78, 5) is 12.3. The molecular weight excluding hydrogens is 248 g/mol. The van der Waals surface area contributed by atoms with E-state index in [1.165, 1.54) is 11.3 Å². The quantitative estimate of drug-likeness (QED) is 0.916. The lowest BCUT2D eigenvalue weighted by atomic mass is 10.0. The molecule has 0 radical (unpaired) electrons. The molecule has 0 amide bonds. The SMILES string of the molecule is COc1ccc(-c2cc(C(=O)O)sc2C)cc1C. The number of benzene rings is 1. The minimum absolute atomic E-state index is 0.371. The van der Waals surface area contributed by atoms with E-state index in [0.717, 1.165) is 27.3 Å². The molecule has 3 nitrogen and oxygen atoms in total. The van der Waals surface area contributed by atoms with Crippen molar-refractivity contribution in [2.24, 2.45) is 0 Å². The van der Waals surface area contributed by atoms with Crippen LogP contribution in [0.2, 0.25) is 0 Å². The van der Waals surface area contributed by atoms with Crippen LogP contribution in [0.5, 0.6) is 5.75 Å². The van der Waals surface area contributed by atoms with Crippen molar-refractivity contribution >= 4 is 17.3 Å². The second-order valence-electron chi connectivity index (χ2n) is 4.07. The van der Waals surface area contributed by atoms with Crippen molar-refractivity contribution in [3.05, 3.63) is 39.6 Å². The first kappa shape index (κ1) is 12.6. The number of thiophene rings is 1. The highest BCUT2D eigenvalue weighted by molar-refractivity contribution is 7.14. The molecule has 0 bridgehead atoms. The standard InChI is InChI=1S/C14H14O3S/c1-8-6-10(4-5-12(8)17-3)11-7-13(14(15)16)18-9(11)2/h4-7H,1-3H3,(H,15,16). The van der Waals surface area contributed by atoms with Crippen molar-refractivity contribution in [2.45, 2.75) is 13.8 Å². The number of methoxy groups -OCH3 is 1. The minimum atomic E-state index is -0.875. The van der Waals surface area contributed by atoms with Gasteiger partial charge in [0.25, 0.3) is 0 Å². The number of aryl methyl sites for hydroxylation is 2. The maximum Gasteiger partial charge on any atom is 0.345 e. The topological polar surface area (TPSA) is 46.5 Å². The summed E-state index contributed by atoms with van der Waals surface area (Å²) < 4.78 is 5.22. The van der Waals surface area contributed by atoms with E-state index in [0.29, 0.717) is 4.88 Å². The molecule has 0 saturated carbocycles. The monoisotopic (exact) mass is 262 g/mol. The molecule has 0 fully saturated rings. The van der Waals surface area contributed by atoms with Crippen molar-refractivity contribution in [2.75, 3.05) is 7.11 Å². The Morgan fingerprint density at radius 2 is 2.00 bits per heavy atom. The zero-order valence-electron chi connectivity index (χ0n) is 10.5. The van der Waals surface area contributed by atoms with Crippen LogP contribution in [0.25, 0.3) is 11.1 Å². The highest BCUT2D eigenvalue weighted by Crippen LogP contribution is 2.33. The number of hydrogen-bond donors (Lipinski definition) is 1. The summed E-state index contributed by atoms with van der Waals surface area (Å²) in [5, 5.41) is 9.00. The summed E-state index contributed by atoms with van der Waals surface area (Å²) in [5.41, 5.74) is 3.04. The number of hydrogen-bond acceptors (Lipinski definition) is 3. The van der Waals surface area contributed by atoms with Crippen molar-refractivity contribution < 1.29 is 14.6 Å². The van der Waals surface area contributed by atoms with E-state index in [2.05, 4.69) is 0 Å². The summed E-state index contributed by atoms with van der Waals surface area (Å²) in [6, 6.07) is 7.60. The van der Waals surface area contributed by atoms with E-state index in [4.69, 9.17) is 9.84 Å². The molecule has 0 aliphatic heterocycles. The first-order valence-electron chi connectivity index (χ1n) is 5.51. The third-order valence-electron chi connectivity index (χ3n) is 2.83. The normalized spacial score (nSPS) is 10.4. The first-order chi connectivity index (χ1) is 8.52. The van der Waals surface area contributed by atoms with Crippen LogP contribution in [0.4, 0.5) is 0 Å². The van der Waals surface area contributed by atoms with Gasteiger partial charge in [0.15, 0.2) is 0 Å². The summed E-state index contributed by atoms with van der Waals surface area (Å²) in [7, 11) is 1.64. The summed E-state index contributed by atoms with van der Waals surface area (Å²) in [6.07, 6.45) is 0. The van der Waals surface area contributed by atoms with Gasteiger partial charge < -0.3 is 9.84 Å². The Morgan fingerprint density at radius 1 is 1.28 bits per heavy atom. The lowest BCUT2D eigenvalue weighted by Crippen LogP contribution is -1.90. The molecule has 0 unspecified atom stereocenters. The maximum absolute atomic E-state index is 11.0. The second kappa shape index (κ2) is 4.82. The van der Waals surface area contributed by atoms with Crippen LogP contribution in [0.3, 0.4) is 0 Å². The van der Waals surface area contributed by atoms with Crippen LogP contribution in [0.15, 0.2) is 24.3 Å². The Balaban J connectivity index is 2.48. The van der Waals surface area contributed by atoms with Gasteiger partial charge in [0.2, 0.25) is 0 Å². The summed E-state index contributed by atoms with van der Waals surface area (Å²) in [5.74, 6) is -0.0373. The van der Waals surface area contributed by atoms with E-state index < -0.39 is 5.97 Å². The number of carboxylic acids is 1. The molecule has 0 aliphatic rings. The van der Waals surface area contributed by atoms with Gasteiger partial charge in [-0.2, -0.15) is 0 Å². The minimum Gasteiger partial charge on any atom is -0.496 e. The van der Waals surface area contributed by atoms with E-state index in [1.807, 2.05) is 32.0 Å². The third-order valence-corrected chi connectivity index (χ3v) is 3.87. The van der Waals surface area contributed by atoms with Gasteiger partial charge in [-0.25, -0.2) is 4.79 Å². The lowest BCUT2D eigenvalue weighted by Gasteiger charge is -2.07. The fraction of sp³-hybridized carbons (Fsp3) is 0.214. The van der Waals surface area contributed by atoms with Gasteiger partial charge in [-0.1, -0.05) is 6.07 Å². The smallest absolute Gasteiger partial charge is 0.345 e. The van der Waals surface area contributed by atoms with Gasteiger partial charge in [0, 0.05) is 4.88 Å². The van der Waals surface area contributed by atoms with Crippen molar-refractivity contribution in [1.82, 2.24) is 0 Å². The molecule has 0 atom stereocenters. The molecule has 1 aromatic carbocycles. The number of carbonyl (C=O) groups is 1. The van der Waals surface area contributed by atoms with Gasteiger partial charge in [0.05, 0.1) is 7.11 Å². The molecule has 1 heterocycles. The number of rotatable bonds is 3. The molecule has 4 heteroatoms. The Labute approximate surface area is 110 Å². The fourth-order valence-corrected chi connectivity index (χ4v) is 2.80. The zero-order chi connectivity index (χ0) is 13.3. The van der Waals surface area contributed by atoms with E-state index >= 15 is 0 Å². The average Bonchev–Trinajstić information content (AvgIpc) is 2.71. The van der Waals surface area contributed by atoms with Crippen molar-refractivity contribution in [3.8, 4) is 16.9 Å². The fourth-order valence-electron chi connectivity index (χ4n) is 1.92. The molecule has 0 spiro atoms.